The maximum Gasteiger partial charge on any atom is 0.255 e. The summed E-state index contributed by atoms with van der Waals surface area (Å²) >= 11 is 0. The van der Waals surface area contributed by atoms with E-state index in [-0.39, 0.29) is 24.5 Å². The highest BCUT2D eigenvalue weighted by molar-refractivity contribution is 5.96. The molecule has 1 aromatic heterocycles. The van der Waals surface area contributed by atoms with Crippen LogP contribution in [0.2, 0.25) is 0 Å². The number of ether oxygens (including phenoxy) is 1. The van der Waals surface area contributed by atoms with Crippen molar-refractivity contribution in [3.8, 4) is 5.88 Å². The minimum absolute atomic E-state index is 0.0415. The highest BCUT2D eigenvalue weighted by Gasteiger charge is 2.22. The van der Waals surface area contributed by atoms with Gasteiger partial charge in [0.15, 0.2) is 0 Å². The Balaban J connectivity index is 2.04. The van der Waals surface area contributed by atoms with Crippen molar-refractivity contribution in [3.05, 3.63) is 23.9 Å². The van der Waals surface area contributed by atoms with Crippen LogP contribution < -0.4 is 10.1 Å². The molecule has 0 bridgehead atoms. The van der Waals surface area contributed by atoms with E-state index >= 15 is 0 Å². The third kappa shape index (κ3) is 3.43. The van der Waals surface area contributed by atoms with Gasteiger partial charge in [-0.25, -0.2) is 4.98 Å². The van der Waals surface area contributed by atoms with Crippen LogP contribution in [-0.4, -0.2) is 47.4 Å². The van der Waals surface area contributed by atoms with Crippen molar-refractivity contribution in [3.63, 3.8) is 0 Å². The third-order valence-electron chi connectivity index (χ3n) is 2.67. The summed E-state index contributed by atoms with van der Waals surface area (Å²) in [5.74, 6) is 0.175. The van der Waals surface area contributed by atoms with E-state index in [9.17, 15) is 9.59 Å². The molecule has 2 rings (SSSR count). The summed E-state index contributed by atoms with van der Waals surface area (Å²) in [7, 11) is 0. The Bertz CT molecular complexity index is 471. The second-order valence-electron chi connectivity index (χ2n) is 4.63. The summed E-state index contributed by atoms with van der Waals surface area (Å²) < 4.78 is 5.41. The molecule has 1 aliphatic rings. The molecular formula is C13H17N3O3. The summed E-state index contributed by atoms with van der Waals surface area (Å²) in [4.78, 5) is 29.0. The number of carbonyl (C=O) groups is 2. The van der Waals surface area contributed by atoms with Gasteiger partial charge in [0.1, 0.15) is 0 Å². The molecule has 6 nitrogen and oxygen atoms in total. The van der Waals surface area contributed by atoms with Crippen molar-refractivity contribution in [1.82, 2.24) is 15.2 Å². The molecule has 2 heterocycles. The molecule has 1 saturated heterocycles. The smallest absolute Gasteiger partial charge is 0.255 e. The number of hydrogen-bond acceptors (Lipinski definition) is 4. The number of aromatic nitrogens is 1. The normalized spacial score (nSPS) is 15.3. The Kier molecular flexibility index (Phi) is 3.99. The van der Waals surface area contributed by atoms with E-state index in [1.54, 1.807) is 12.1 Å². The molecule has 19 heavy (non-hydrogen) atoms. The Morgan fingerprint density at radius 1 is 1.47 bits per heavy atom. The standard InChI is InChI=1S/C13H17N3O3/c1-9(2)19-12-4-3-10(7-15-12)13(18)16-6-5-14-11(17)8-16/h3-4,7,9H,5-6,8H2,1-2H3,(H,14,17). The van der Waals surface area contributed by atoms with Crippen molar-refractivity contribution in [2.45, 2.75) is 20.0 Å². The topological polar surface area (TPSA) is 71.5 Å². The van der Waals surface area contributed by atoms with E-state index in [0.717, 1.165) is 0 Å². The molecule has 1 aliphatic heterocycles. The van der Waals surface area contributed by atoms with Gasteiger partial charge in [-0.05, 0) is 19.9 Å². The van der Waals surface area contributed by atoms with Crippen LogP contribution in [0.25, 0.3) is 0 Å². The van der Waals surface area contributed by atoms with Crippen LogP contribution in [0, 0.1) is 0 Å². The van der Waals surface area contributed by atoms with Gasteiger partial charge in [-0.2, -0.15) is 0 Å². The fourth-order valence-corrected chi connectivity index (χ4v) is 1.81. The van der Waals surface area contributed by atoms with Crippen LogP contribution in [0.4, 0.5) is 0 Å². The maximum atomic E-state index is 12.1. The van der Waals surface area contributed by atoms with E-state index < -0.39 is 0 Å². The number of amides is 2. The number of rotatable bonds is 3. The first kappa shape index (κ1) is 13.3. The van der Waals surface area contributed by atoms with Crippen LogP contribution in [0.15, 0.2) is 18.3 Å². The first-order valence-electron chi connectivity index (χ1n) is 6.25. The lowest BCUT2D eigenvalue weighted by molar-refractivity contribution is -0.123. The van der Waals surface area contributed by atoms with Crippen LogP contribution in [0.5, 0.6) is 5.88 Å². The van der Waals surface area contributed by atoms with Crippen molar-refractivity contribution in [2.75, 3.05) is 19.6 Å². The lowest BCUT2D eigenvalue weighted by atomic mass is 10.2. The minimum Gasteiger partial charge on any atom is -0.475 e. The summed E-state index contributed by atoms with van der Waals surface area (Å²) in [6.07, 6.45) is 1.52. The van der Waals surface area contributed by atoms with Crippen molar-refractivity contribution in [1.29, 1.82) is 0 Å². The molecule has 0 saturated carbocycles. The van der Waals surface area contributed by atoms with E-state index in [2.05, 4.69) is 10.3 Å². The molecular weight excluding hydrogens is 246 g/mol. The van der Waals surface area contributed by atoms with Crippen LogP contribution >= 0.6 is 0 Å². The summed E-state index contributed by atoms with van der Waals surface area (Å²) in [6, 6.07) is 3.33. The molecule has 1 aromatic rings. The quantitative estimate of drug-likeness (QED) is 0.859. The molecule has 0 radical (unpaired) electrons. The number of piperazine rings is 1. The first-order valence-corrected chi connectivity index (χ1v) is 6.25. The van der Waals surface area contributed by atoms with Gasteiger partial charge in [0.2, 0.25) is 11.8 Å². The summed E-state index contributed by atoms with van der Waals surface area (Å²) in [5, 5.41) is 2.68. The molecule has 1 fully saturated rings. The monoisotopic (exact) mass is 263 g/mol. The Labute approximate surface area is 111 Å². The summed E-state index contributed by atoms with van der Waals surface area (Å²) in [5.41, 5.74) is 0.464. The zero-order valence-electron chi connectivity index (χ0n) is 11.0. The van der Waals surface area contributed by atoms with E-state index in [4.69, 9.17) is 4.74 Å². The second-order valence-corrected chi connectivity index (χ2v) is 4.63. The molecule has 0 unspecified atom stereocenters. The Morgan fingerprint density at radius 3 is 2.84 bits per heavy atom. The van der Waals surface area contributed by atoms with Gasteiger partial charge in [0.05, 0.1) is 18.2 Å². The molecule has 0 atom stereocenters. The largest absolute Gasteiger partial charge is 0.475 e. The van der Waals surface area contributed by atoms with Gasteiger partial charge >= 0.3 is 0 Å². The Morgan fingerprint density at radius 2 is 2.26 bits per heavy atom. The van der Waals surface area contributed by atoms with Crippen molar-refractivity contribution >= 4 is 11.8 Å². The fraction of sp³-hybridized carbons (Fsp3) is 0.462. The molecule has 102 valence electrons. The van der Waals surface area contributed by atoms with Gasteiger partial charge in [-0.15, -0.1) is 0 Å². The number of nitrogens with one attached hydrogen (secondary N) is 1. The minimum atomic E-state index is -0.182. The lowest BCUT2D eigenvalue weighted by Gasteiger charge is -2.26. The number of hydrogen-bond donors (Lipinski definition) is 1. The SMILES string of the molecule is CC(C)Oc1ccc(C(=O)N2CCNC(=O)C2)cn1. The van der Waals surface area contributed by atoms with Crippen molar-refractivity contribution < 1.29 is 14.3 Å². The van der Waals surface area contributed by atoms with Crippen molar-refractivity contribution in [2.24, 2.45) is 0 Å². The number of carbonyl (C=O) groups excluding carboxylic acids is 2. The fourth-order valence-electron chi connectivity index (χ4n) is 1.81. The zero-order chi connectivity index (χ0) is 13.8. The van der Waals surface area contributed by atoms with Gasteiger partial charge in [0.25, 0.3) is 5.91 Å². The predicted molar refractivity (Wildman–Crippen MR) is 68.9 cm³/mol. The van der Waals surface area contributed by atoms with Gasteiger partial charge in [-0.1, -0.05) is 0 Å². The first-order chi connectivity index (χ1) is 9.06. The zero-order valence-corrected chi connectivity index (χ0v) is 11.0. The van der Waals surface area contributed by atoms with Crippen LogP contribution in [0.3, 0.4) is 0 Å². The van der Waals surface area contributed by atoms with Gasteiger partial charge in [0, 0.05) is 25.4 Å². The number of pyridine rings is 1. The van der Waals surface area contributed by atoms with E-state index in [1.807, 2.05) is 13.8 Å². The number of nitrogens with zero attached hydrogens (tertiary/aromatic N) is 2. The van der Waals surface area contributed by atoms with E-state index in [0.29, 0.717) is 24.5 Å². The summed E-state index contributed by atoms with van der Waals surface area (Å²) in [6.45, 7) is 4.94. The lowest BCUT2D eigenvalue weighted by Crippen LogP contribution is -2.49. The molecule has 0 aromatic carbocycles. The van der Waals surface area contributed by atoms with Gasteiger partial charge < -0.3 is 15.0 Å². The predicted octanol–water partition coefficient (Wildman–Crippen LogP) is 0.441. The van der Waals surface area contributed by atoms with Crippen LogP contribution in [0.1, 0.15) is 24.2 Å². The average molecular weight is 263 g/mol. The maximum absolute atomic E-state index is 12.1. The molecule has 0 aliphatic carbocycles. The highest BCUT2D eigenvalue weighted by atomic mass is 16.5. The third-order valence-corrected chi connectivity index (χ3v) is 2.67. The average Bonchev–Trinajstić information content (AvgIpc) is 2.38. The molecule has 2 amide bonds. The highest BCUT2D eigenvalue weighted by Crippen LogP contribution is 2.11. The van der Waals surface area contributed by atoms with E-state index in [1.165, 1.54) is 11.1 Å². The van der Waals surface area contributed by atoms with Gasteiger partial charge in [-0.3, -0.25) is 9.59 Å². The second kappa shape index (κ2) is 5.69. The van der Waals surface area contributed by atoms with Crippen LogP contribution in [-0.2, 0) is 4.79 Å². The Hall–Kier alpha value is -2.11. The molecule has 6 heteroatoms. The molecule has 1 N–H and O–H groups in total. The molecule has 0 spiro atoms.